The van der Waals surface area contributed by atoms with Crippen LogP contribution in [0.3, 0.4) is 0 Å². The van der Waals surface area contributed by atoms with Gasteiger partial charge in [0.05, 0.1) is 17.9 Å². The Morgan fingerprint density at radius 1 is 1.48 bits per heavy atom. The van der Waals surface area contributed by atoms with Crippen LogP contribution in [0.4, 0.5) is 0 Å². The summed E-state index contributed by atoms with van der Waals surface area (Å²) in [6, 6.07) is 1.91. The number of aromatic nitrogens is 1. The summed E-state index contributed by atoms with van der Waals surface area (Å²) in [6.07, 6.45) is 4.14. The number of carbonyl (C=O) groups excluding carboxylic acids is 2. The third-order valence-electron chi connectivity index (χ3n) is 4.74. The van der Waals surface area contributed by atoms with Crippen LogP contribution in [0.5, 0.6) is 0 Å². The van der Waals surface area contributed by atoms with Gasteiger partial charge in [0.15, 0.2) is 0 Å². The van der Waals surface area contributed by atoms with E-state index in [4.69, 9.17) is 15.5 Å². The number of nitrogens with zero attached hydrogens (tertiary/aromatic N) is 2. The fourth-order valence-corrected chi connectivity index (χ4v) is 3.57. The zero-order chi connectivity index (χ0) is 16.4. The number of hydrogen-bond acceptors (Lipinski definition) is 4. The molecule has 0 spiro atoms. The molecule has 0 unspecified atom stereocenters. The highest BCUT2D eigenvalue weighted by molar-refractivity contribution is 5.94. The monoisotopic (exact) mass is 317 g/mol. The fourth-order valence-electron chi connectivity index (χ4n) is 3.57. The average Bonchev–Trinajstić information content (AvgIpc) is 3.10. The van der Waals surface area contributed by atoms with Crippen LogP contribution in [-0.4, -0.2) is 48.5 Å². The molecule has 2 N–H and O–H groups in total. The van der Waals surface area contributed by atoms with E-state index in [1.165, 1.54) is 0 Å². The number of methoxy groups -OCH3 is 1. The highest BCUT2D eigenvalue weighted by Gasteiger charge is 2.31. The normalized spacial score (nSPS) is 20.1. The van der Waals surface area contributed by atoms with Gasteiger partial charge in [-0.05, 0) is 43.2 Å². The van der Waals surface area contributed by atoms with Crippen molar-refractivity contribution in [1.82, 2.24) is 9.88 Å². The lowest BCUT2D eigenvalue weighted by Crippen LogP contribution is -2.29. The lowest BCUT2D eigenvalue weighted by Gasteiger charge is -2.16. The van der Waals surface area contributed by atoms with E-state index in [0.717, 1.165) is 36.2 Å². The summed E-state index contributed by atoms with van der Waals surface area (Å²) in [6.45, 7) is 1.85. The molecule has 0 bridgehead atoms. The lowest BCUT2D eigenvalue weighted by atomic mass is 9.97. The van der Waals surface area contributed by atoms with Gasteiger partial charge in [0.1, 0.15) is 0 Å². The van der Waals surface area contributed by atoms with Gasteiger partial charge in [-0.1, -0.05) is 0 Å². The number of fused-ring (bicyclic) bond motifs is 1. The molecule has 2 aliphatic rings. The molecule has 1 aliphatic heterocycles. The predicted octanol–water partition coefficient (Wildman–Crippen LogP) is 0.707. The third-order valence-corrected chi connectivity index (χ3v) is 4.74. The van der Waals surface area contributed by atoms with Crippen molar-refractivity contribution in [3.8, 4) is 0 Å². The molecule has 2 amide bonds. The van der Waals surface area contributed by atoms with Crippen molar-refractivity contribution in [2.24, 2.45) is 11.7 Å². The Morgan fingerprint density at radius 3 is 3.04 bits per heavy atom. The number of primary amides is 1. The average molecular weight is 317 g/mol. The summed E-state index contributed by atoms with van der Waals surface area (Å²) in [4.78, 5) is 30.3. The van der Waals surface area contributed by atoms with E-state index < -0.39 is 5.91 Å². The van der Waals surface area contributed by atoms with Gasteiger partial charge in [-0.2, -0.15) is 0 Å². The van der Waals surface area contributed by atoms with E-state index in [1.807, 2.05) is 11.0 Å². The van der Waals surface area contributed by atoms with Crippen molar-refractivity contribution < 1.29 is 14.3 Å². The molecule has 23 heavy (non-hydrogen) atoms. The number of aryl methyl sites for hydroxylation is 2. The van der Waals surface area contributed by atoms with Crippen molar-refractivity contribution in [3.05, 3.63) is 28.6 Å². The van der Waals surface area contributed by atoms with Crippen LogP contribution >= 0.6 is 0 Å². The van der Waals surface area contributed by atoms with Crippen molar-refractivity contribution in [1.29, 1.82) is 0 Å². The fraction of sp³-hybridized carbons (Fsp3) is 0.588. The van der Waals surface area contributed by atoms with Gasteiger partial charge >= 0.3 is 0 Å². The Labute approximate surface area is 136 Å². The summed E-state index contributed by atoms with van der Waals surface area (Å²) in [7, 11) is 1.63. The van der Waals surface area contributed by atoms with Crippen molar-refractivity contribution in [3.63, 3.8) is 0 Å². The first-order valence-electron chi connectivity index (χ1n) is 8.16. The number of amides is 2. The van der Waals surface area contributed by atoms with Crippen LogP contribution in [0.2, 0.25) is 0 Å². The molecule has 6 nitrogen and oxygen atoms in total. The van der Waals surface area contributed by atoms with Gasteiger partial charge in [-0.15, -0.1) is 0 Å². The minimum atomic E-state index is -0.428. The molecule has 0 radical (unpaired) electrons. The van der Waals surface area contributed by atoms with E-state index >= 15 is 0 Å². The van der Waals surface area contributed by atoms with Crippen LogP contribution in [-0.2, 0) is 28.8 Å². The van der Waals surface area contributed by atoms with E-state index in [1.54, 1.807) is 7.11 Å². The molecule has 1 saturated heterocycles. The van der Waals surface area contributed by atoms with Crippen LogP contribution < -0.4 is 5.73 Å². The van der Waals surface area contributed by atoms with Gasteiger partial charge in [0.2, 0.25) is 5.91 Å². The van der Waals surface area contributed by atoms with Crippen molar-refractivity contribution in [2.45, 2.75) is 32.1 Å². The number of pyridine rings is 1. The molecule has 1 fully saturated rings. The topological polar surface area (TPSA) is 85.5 Å². The quantitative estimate of drug-likeness (QED) is 0.837. The molecule has 0 saturated carbocycles. The minimum absolute atomic E-state index is 0.147. The van der Waals surface area contributed by atoms with Crippen LogP contribution in [0, 0.1) is 5.92 Å². The van der Waals surface area contributed by atoms with Crippen molar-refractivity contribution in [2.75, 3.05) is 26.8 Å². The molecule has 0 aromatic carbocycles. The Bertz CT molecular complexity index is 630. The smallest absolute Gasteiger partial charge is 0.250 e. The molecule has 2 heterocycles. The third kappa shape index (κ3) is 3.37. The molecule has 6 heteroatoms. The second-order valence-corrected chi connectivity index (χ2v) is 6.41. The Hall–Kier alpha value is -1.95. The van der Waals surface area contributed by atoms with Crippen LogP contribution in [0.15, 0.2) is 6.07 Å². The summed E-state index contributed by atoms with van der Waals surface area (Å²) >= 11 is 0. The maximum atomic E-state index is 12.0. The van der Waals surface area contributed by atoms with E-state index in [0.29, 0.717) is 38.1 Å². The van der Waals surface area contributed by atoms with Gasteiger partial charge in [-0.25, -0.2) is 0 Å². The van der Waals surface area contributed by atoms with Crippen LogP contribution in [0.25, 0.3) is 0 Å². The Balaban J connectivity index is 1.75. The largest absolute Gasteiger partial charge is 0.383 e. The SMILES string of the molecule is COCCN1C[C@@H](Cc2nc3c(cc2C(N)=O)CCC3)CC1=O. The first kappa shape index (κ1) is 15.9. The first-order chi connectivity index (χ1) is 11.1. The summed E-state index contributed by atoms with van der Waals surface area (Å²) in [5.41, 5.74) is 9.04. The zero-order valence-electron chi connectivity index (χ0n) is 13.5. The number of hydrogen-bond donors (Lipinski definition) is 1. The maximum absolute atomic E-state index is 12.0. The van der Waals surface area contributed by atoms with Crippen LogP contribution in [0.1, 0.15) is 40.2 Å². The molecule has 1 aromatic rings. The second kappa shape index (κ2) is 6.66. The summed E-state index contributed by atoms with van der Waals surface area (Å²) < 4.78 is 5.04. The molecule has 1 aromatic heterocycles. The number of carbonyl (C=O) groups is 2. The molecule has 124 valence electrons. The predicted molar refractivity (Wildman–Crippen MR) is 85.0 cm³/mol. The molecular formula is C17H23N3O3. The molecule has 1 aliphatic carbocycles. The highest BCUT2D eigenvalue weighted by atomic mass is 16.5. The van der Waals surface area contributed by atoms with Gasteiger partial charge in [0, 0.05) is 32.3 Å². The summed E-state index contributed by atoms with van der Waals surface area (Å²) in [5, 5.41) is 0. The Morgan fingerprint density at radius 2 is 2.30 bits per heavy atom. The molecule has 1 atom stereocenters. The zero-order valence-corrected chi connectivity index (χ0v) is 13.5. The second-order valence-electron chi connectivity index (χ2n) is 6.41. The summed E-state index contributed by atoms with van der Waals surface area (Å²) in [5.74, 6) is -0.0963. The standard InChI is InChI=1S/C17H23N3O3/c1-23-6-5-20-10-11(8-16(20)21)7-15-13(17(18)22)9-12-3-2-4-14(12)19-15/h9,11H,2-8,10H2,1H3,(H2,18,22)/t11-/m0/s1. The van der Waals surface area contributed by atoms with E-state index in [2.05, 4.69) is 0 Å². The molecular weight excluding hydrogens is 294 g/mol. The number of ether oxygens (including phenoxy) is 1. The lowest BCUT2D eigenvalue weighted by molar-refractivity contribution is -0.128. The van der Waals surface area contributed by atoms with Gasteiger partial charge < -0.3 is 15.4 Å². The number of nitrogens with two attached hydrogens (primary N) is 1. The van der Waals surface area contributed by atoms with E-state index in [-0.39, 0.29) is 11.8 Å². The minimum Gasteiger partial charge on any atom is -0.383 e. The Kier molecular flexibility index (Phi) is 4.61. The van der Waals surface area contributed by atoms with E-state index in [9.17, 15) is 9.59 Å². The van der Waals surface area contributed by atoms with Crippen molar-refractivity contribution >= 4 is 11.8 Å². The highest BCUT2D eigenvalue weighted by Crippen LogP contribution is 2.27. The number of likely N-dealkylation sites (tertiary alicyclic amines) is 1. The first-order valence-corrected chi connectivity index (χ1v) is 8.16. The molecule has 3 rings (SSSR count). The number of rotatable bonds is 6. The van der Waals surface area contributed by atoms with Gasteiger partial charge in [-0.3, -0.25) is 14.6 Å². The van der Waals surface area contributed by atoms with Gasteiger partial charge in [0.25, 0.3) is 5.91 Å². The maximum Gasteiger partial charge on any atom is 0.250 e.